The van der Waals surface area contributed by atoms with Crippen molar-refractivity contribution >= 4 is 56.2 Å². The van der Waals surface area contributed by atoms with Crippen LogP contribution >= 0.6 is 23.2 Å². The van der Waals surface area contributed by atoms with Gasteiger partial charge in [-0.1, -0.05) is 67.0 Å². The molecule has 2 N–H and O–H groups in total. The number of para-hydroxylation sites is 1. The molecule has 0 bridgehead atoms. The first kappa shape index (κ1) is 25.5. The van der Waals surface area contributed by atoms with Gasteiger partial charge >= 0.3 is 0 Å². The van der Waals surface area contributed by atoms with Gasteiger partial charge in [0.2, 0.25) is 11.8 Å². The van der Waals surface area contributed by atoms with E-state index < -0.39 is 9.84 Å². The van der Waals surface area contributed by atoms with E-state index in [0.29, 0.717) is 28.1 Å². The fourth-order valence-electron chi connectivity index (χ4n) is 3.27. The summed E-state index contributed by atoms with van der Waals surface area (Å²) < 4.78 is 23.9. The number of rotatable bonds is 8. The van der Waals surface area contributed by atoms with E-state index in [4.69, 9.17) is 23.2 Å². The van der Waals surface area contributed by atoms with Gasteiger partial charge in [-0.25, -0.2) is 8.42 Å². The first-order valence-corrected chi connectivity index (χ1v) is 12.7. The molecule has 3 aromatic carbocycles. The normalized spacial score (nSPS) is 11.0. The summed E-state index contributed by atoms with van der Waals surface area (Å²) in [6.45, 7) is 5.03. The summed E-state index contributed by atoms with van der Waals surface area (Å²) in [6.07, 6.45) is 1.20. The van der Waals surface area contributed by atoms with Gasteiger partial charge in [-0.15, -0.1) is 0 Å². The van der Waals surface area contributed by atoms with Gasteiger partial charge in [-0.05, 0) is 42.0 Å². The topological polar surface area (TPSA) is 92.3 Å². The van der Waals surface area contributed by atoms with Gasteiger partial charge in [0.15, 0.2) is 9.84 Å². The molecule has 0 aliphatic heterocycles. The van der Waals surface area contributed by atoms with Crippen molar-refractivity contribution in [3.05, 3.63) is 88.9 Å². The Bertz CT molecular complexity index is 1330. The molecule has 6 nitrogen and oxygen atoms in total. The number of amides is 2. The zero-order valence-corrected chi connectivity index (χ0v) is 20.6. The Morgan fingerprint density at radius 3 is 2.18 bits per heavy atom. The molecule has 176 valence electrons. The molecule has 0 fully saturated rings. The van der Waals surface area contributed by atoms with E-state index in [2.05, 4.69) is 17.2 Å². The van der Waals surface area contributed by atoms with E-state index >= 15 is 0 Å². The number of nitrogens with one attached hydrogen (secondary N) is 2. The van der Waals surface area contributed by atoms with Crippen molar-refractivity contribution in [1.29, 1.82) is 0 Å². The van der Waals surface area contributed by atoms with Crippen LogP contribution in [0.25, 0.3) is 11.1 Å². The summed E-state index contributed by atoms with van der Waals surface area (Å²) in [5, 5.41) is 6.05. The number of sulfone groups is 1. The van der Waals surface area contributed by atoms with E-state index in [1.54, 1.807) is 55.5 Å². The van der Waals surface area contributed by atoms with E-state index in [-0.39, 0.29) is 38.9 Å². The fourth-order valence-corrected chi connectivity index (χ4v) is 4.84. The van der Waals surface area contributed by atoms with Gasteiger partial charge in [-0.2, -0.15) is 0 Å². The third-order valence-electron chi connectivity index (χ3n) is 4.99. The van der Waals surface area contributed by atoms with E-state index in [1.165, 1.54) is 12.1 Å². The summed E-state index contributed by atoms with van der Waals surface area (Å²) in [6, 6.07) is 16.4. The van der Waals surface area contributed by atoms with Gasteiger partial charge in [-0.3, -0.25) is 9.59 Å². The third-order valence-corrected chi connectivity index (χ3v) is 7.34. The Balaban J connectivity index is 1.79. The molecule has 2 amide bonds. The van der Waals surface area contributed by atoms with Crippen molar-refractivity contribution in [2.45, 2.75) is 18.2 Å². The lowest BCUT2D eigenvalue weighted by Crippen LogP contribution is -2.14. The Morgan fingerprint density at radius 1 is 0.971 bits per heavy atom. The maximum atomic E-state index is 12.5. The summed E-state index contributed by atoms with van der Waals surface area (Å²) >= 11 is 13.0. The van der Waals surface area contributed by atoms with Crippen LogP contribution < -0.4 is 10.6 Å². The summed E-state index contributed by atoms with van der Waals surface area (Å²) in [5.74, 6) is -0.677. The van der Waals surface area contributed by atoms with Crippen molar-refractivity contribution < 1.29 is 18.0 Å². The predicted molar refractivity (Wildman–Crippen MR) is 137 cm³/mol. The lowest BCUT2D eigenvalue weighted by Gasteiger charge is -2.15. The van der Waals surface area contributed by atoms with E-state index in [1.807, 2.05) is 0 Å². The quantitative estimate of drug-likeness (QED) is 0.372. The predicted octanol–water partition coefficient (Wildman–Crippen LogP) is 5.76. The summed E-state index contributed by atoms with van der Waals surface area (Å²) in [4.78, 5) is 24.5. The molecule has 0 heterocycles. The van der Waals surface area contributed by atoms with Crippen molar-refractivity contribution in [3.63, 3.8) is 0 Å². The lowest BCUT2D eigenvalue weighted by atomic mass is 10.0. The van der Waals surface area contributed by atoms with Crippen LogP contribution in [0.1, 0.15) is 12.5 Å². The smallest absolute Gasteiger partial charge is 0.247 e. The van der Waals surface area contributed by atoms with Crippen LogP contribution in [0.4, 0.5) is 11.4 Å². The van der Waals surface area contributed by atoms with E-state index in [0.717, 1.165) is 6.08 Å². The fraction of sp³-hybridized carbons (Fsp3) is 0.120. The highest BCUT2D eigenvalue weighted by Gasteiger charge is 2.16. The molecular weight excluding hydrogens is 495 g/mol. The largest absolute Gasteiger partial charge is 0.326 e. The van der Waals surface area contributed by atoms with Crippen LogP contribution in [0.2, 0.25) is 10.0 Å². The second-order valence-electron chi connectivity index (χ2n) is 7.33. The van der Waals surface area contributed by atoms with Crippen LogP contribution in [0.5, 0.6) is 0 Å². The van der Waals surface area contributed by atoms with Crippen LogP contribution in [0.15, 0.2) is 78.2 Å². The number of hydrogen-bond acceptors (Lipinski definition) is 4. The first-order valence-electron chi connectivity index (χ1n) is 10.3. The number of hydrogen-bond donors (Lipinski definition) is 2. The van der Waals surface area contributed by atoms with Crippen LogP contribution in [0.3, 0.4) is 0 Å². The van der Waals surface area contributed by atoms with Crippen molar-refractivity contribution in [2.75, 3.05) is 16.4 Å². The molecule has 0 aliphatic carbocycles. The molecule has 0 aliphatic rings. The number of carbonyl (C=O) groups excluding carboxylic acids is 2. The molecule has 0 saturated carbocycles. The number of anilines is 2. The molecule has 0 aromatic heterocycles. The summed E-state index contributed by atoms with van der Waals surface area (Å²) in [5.41, 5.74) is 2.71. The number of benzene rings is 3. The Labute approximate surface area is 208 Å². The Hall–Kier alpha value is -3.13. The zero-order valence-electron chi connectivity index (χ0n) is 18.3. The number of halogens is 2. The van der Waals surface area contributed by atoms with Gasteiger partial charge < -0.3 is 10.6 Å². The molecule has 0 atom stereocenters. The minimum absolute atomic E-state index is 0.00937. The Kier molecular flexibility index (Phi) is 8.15. The maximum absolute atomic E-state index is 12.5. The first-order chi connectivity index (χ1) is 16.1. The van der Waals surface area contributed by atoms with Crippen molar-refractivity contribution in [1.82, 2.24) is 0 Å². The standard InChI is InChI=1S/C25H22Cl2N2O4S/c1-3-23(30)29-22-8-6-5-7-19(22)25-20(26)14-17(15-21(25)27)28-24(31)13-16-9-11-18(12-10-16)34(32,33)4-2/h3,5-12,14-15H,1,4,13H2,2H3,(H,28,31)(H,29,30). The molecule has 0 unspecified atom stereocenters. The average molecular weight is 517 g/mol. The van der Waals surface area contributed by atoms with Gasteiger partial charge in [0, 0.05) is 22.5 Å². The average Bonchev–Trinajstić information content (AvgIpc) is 2.80. The second-order valence-corrected chi connectivity index (χ2v) is 10.4. The second kappa shape index (κ2) is 10.9. The van der Waals surface area contributed by atoms with Crippen LogP contribution in [-0.2, 0) is 25.8 Å². The molecule has 3 rings (SSSR count). The number of carbonyl (C=O) groups is 2. The SMILES string of the molecule is C=CC(=O)Nc1ccccc1-c1c(Cl)cc(NC(=O)Cc2ccc(S(=O)(=O)CC)cc2)cc1Cl. The zero-order chi connectivity index (χ0) is 24.9. The summed E-state index contributed by atoms with van der Waals surface area (Å²) in [7, 11) is -3.30. The minimum atomic E-state index is -3.30. The molecular formula is C25H22Cl2N2O4S. The van der Waals surface area contributed by atoms with Gasteiger partial charge in [0.25, 0.3) is 0 Å². The molecule has 0 radical (unpaired) electrons. The molecule has 34 heavy (non-hydrogen) atoms. The third kappa shape index (κ3) is 6.05. The molecule has 3 aromatic rings. The van der Waals surface area contributed by atoms with Crippen LogP contribution in [0, 0.1) is 0 Å². The van der Waals surface area contributed by atoms with Crippen molar-refractivity contribution in [3.8, 4) is 11.1 Å². The monoisotopic (exact) mass is 516 g/mol. The molecule has 0 spiro atoms. The van der Waals surface area contributed by atoms with E-state index in [9.17, 15) is 18.0 Å². The van der Waals surface area contributed by atoms with Crippen LogP contribution in [-0.4, -0.2) is 26.0 Å². The maximum Gasteiger partial charge on any atom is 0.247 e. The van der Waals surface area contributed by atoms with Gasteiger partial charge in [0.1, 0.15) is 0 Å². The lowest BCUT2D eigenvalue weighted by molar-refractivity contribution is -0.115. The van der Waals surface area contributed by atoms with Crippen molar-refractivity contribution in [2.24, 2.45) is 0 Å². The highest BCUT2D eigenvalue weighted by atomic mass is 35.5. The van der Waals surface area contributed by atoms with Gasteiger partial charge in [0.05, 0.1) is 27.1 Å². The Morgan fingerprint density at radius 2 is 1.59 bits per heavy atom. The molecule has 0 saturated heterocycles. The highest BCUT2D eigenvalue weighted by molar-refractivity contribution is 7.91. The highest BCUT2D eigenvalue weighted by Crippen LogP contribution is 2.40. The molecule has 9 heteroatoms. The minimum Gasteiger partial charge on any atom is -0.326 e.